The first-order valence-corrected chi connectivity index (χ1v) is 19.1. The molecule has 59 heavy (non-hydrogen) atoms. The minimum Gasteiger partial charge on any atom is -0.478 e. The van der Waals surface area contributed by atoms with E-state index in [9.17, 15) is 27.8 Å². The molecule has 19 heteroatoms. The Morgan fingerprint density at radius 1 is 0.475 bits per heavy atom. The van der Waals surface area contributed by atoms with Crippen molar-refractivity contribution < 1.29 is 42.4 Å². The summed E-state index contributed by atoms with van der Waals surface area (Å²) in [6.07, 6.45) is 3.02. The summed E-state index contributed by atoms with van der Waals surface area (Å²) in [5, 5.41) is 60.4. The summed E-state index contributed by atoms with van der Waals surface area (Å²) in [7, 11) is -4.70. The lowest BCUT2D eigenvalue weighted by atomic mass is 10.1. The number of carboxylic acids is 2. The molecule has 17 nitrogen and oxygen atoms in total. The van der Waals surface area contributed by atoms with Crippen LogP contribution in [0, 0.1) is 0 Å². The van der Waals surface area contributed by atoms with E-state index in [0.717, 1.165) is 0 Å². The van der Waals surface area contributed by atoms with Crippen molar-refractivity contribution in [2.24, 2.45) is 40.9 Å². The molecule has 0 saturated heterocycles. The van der Waals surface area contributed by atoms with Crippen molar-refractivity contribution in [3.8, 4) is 0 Å². The lowest BCUT2D eigenvalue weighted by Crippen LogP contribution is -2.00. The molecule has 294 valence electrons. The average Bonchev–Trinajstić information content (AvgIpc) is 3.24. The highest BCUT2D eigenvalue weighted by molar-refractivity contribution is 7.94. The number of aromatic carboxylic acids is 2. The monoisotopic (exact) mass is 828 g/mol. The summed E-state index contributed by atoms with van der Waals surface area (Å²) in [4.78, 5) is 22.0. The molecule has 0 unspecified atom stereocenters. The highest BCUT2D eigenvalue weighted by Crippen LogP contribution is 2.32. The maximum Gasteiger partial charge on any atom is 0.335 e. The van der Waals surface area contributed by atoms with Crippen LogP contribution in [0.15, 0.2) is 184 Å². The zero-order chi connectivity index (χ0) is 41.8. The highest BCUT2D eigenvalue weighted by atomic mass is 32.2. The molecule has 0 aromatic heterocycles. The number of carboxylic acid groups (broad SMARTS) is 2. The number of carbonyl (C=O) groups is 2. The SMILES string of the molecule is O=C(O)c1ccc(N=Nc2ccc(N=Nc3ccc(C=Cc4ccc(N=Nc5ccc(N=Nc6ccc(C(=O)O)cc6)cc5)cc4S(=O)(=O)O)c(SOO)c3)cc2)cc1. The topological polar surface area (TPSA) is 257 Å². The van der Waals surface area contributed by atoms with E-state index in [1.807, 2.05) is 0 Å². The van der Waals surface area contributed by atoms with Crippen LogP contribution in [-0.4, -0.2) is 40.4 Å². The van der Waals surface area contributed by atoms with Crippen LogP contribution < -0.4 is 0 Å². The molecule has 0 saturated carbocycles. The van der Waals surface area contributed by atoms with Crippen molar-refractivity contribution in [3.63, 3.8) is 0 Å². The third-order valence-corrected chi connectivity index (χ3v) is 9.41. The van der Waals surface area contributed by atoms with Gasteiger partial charge in [-0.25, -0.2) is 14.8 Å². The van der Waals surface area contributed by atoms with Crippen LogP contribution in [0.5, 0.6) is 0 Å². The molecule has 0 bridgehead atoms. The van der Waals surface area contributed by atoms with Gasteiger partial charge in [0.05, 0.1) is 68.7 Å². The zero-order valence-corrected chi connectivity index (χ0v) is 31.7. The summed E-state index contributed by atoms with van der Waals surface area (Å²) in [5.41, 5.74) is 4.40. The maximum absolute atomic E-state index is 12.4. The van der Waals surface area contributed by atoms with Crippen LogP contribution in [0.25, 0.3) is 12.2 Å². The van der Waals surface area contributed by atoms with Crippen LogP contribution in [0.3, 0.4) is 0 Å². The van der Waals surface area contributed by atoms with Crippen LogP contribution >= 0.6 is 12.0 Å². The third kappa shape index (κ3) is 11.8. The van der Waals surface area contributed by atoms with Crippen LogP contribution in [0.4, 0.5) is 45.5 Å². The van der Waals surface area contributed by atoms with Crippen molar-refractivity contribution in [2.45, 2.75) is 9.79 Å². The van der Waals surface area contributed by atoms with Gasteiger partial charge in [0.2, 0.25) is 0 Å². The Morgan fingerprint density at radius 3 is 1.14 bits per heavy atom. The van der Waals surface area contributed by atoms with Gasteiger partial charge in [-0.05, 0) is 132 Å². The Bertz CT molecular complexity index is 2740. The Labute approximate surface area is 339 Å². The van der Waals surface area contributed by atoms with Gasteiger partial charge in [0, 0.05) is 4.90 Å². The van der Waals surface area contributed by atoms with Gasteiger partial charge in [0.25, 0.3) is 10.1 Å². The van der Waals surface area contributed by atoms with E-state index in [1.165, 1.54) is 60.7 Å². The summed E-state index contributed by atoms with van der Waals surface area (Å²) in [6.45, 7) is 0. The smallest absolute Gasteiger partial charge is 0.335 e. The molecular weight excluding hydrogens is 801 g/mol. The van der Waals surface area contributed by atoms with E-state index in [2.05, 4.69) is 45.2 Å². The molecule has 0 fully saturated rings. The van der Waals surface area contributed by atoms with Crippen LogP contribution in [0.2, 0.25) is 0 Å². The highest BCUT2D eigenvalue weighted by Gasteiger charge is 2.15. The molecule has 4 N–H and O–H groups in total. The molecule has 6 aromatic rings. The molecule has 0 atom stereocenters. The quantitative estimate of drug-likeness (QED) is 0.0190. The fourth-order valence-electron chi connectivity index (χ4n) is 4.94. The fraction of sp³-hybridized carbons (Fsp3) is 0. The number of rotatable bonds is 15. The number of benzene rings is 6. The molecule has 0 aliphatic heterocycles. The molecule has 0 heterocycles. The molecule has 0 spiro atoms. The zero-order valence-electron chi connectivity index (χ0n) is 30.1. The van der Waals surface area contributed by atoms with Gasteiger partial charge in [-0.2, -0.15) is 53.7 Å². The van der Waals surface area contributed by atoms with E-state index in [0.29, 0.717) is 62.3 Å². The Hall–Kier alpha value is -7.42. The predicted octanol–water partition coefficient (Wildman–Crippen LogP) is 12.7. The fourth-order valence-corrected chi connectivity index (χ4v) is 6.12. The number of nitrogens with zero attached hydrogens (tertiary/aromatic N) is 8. The minimum absolute atomic E-state index is 0.133. The Morgan fingerprint density at radius 2 is 0.780 bits per heavy atom. The molecule has 0 aliphatic carbocycles. The van der Waals surface area contributed by atoms with E-state index < -0.39 is 27.0 Å². The van der Waals surface area contributed by atoms with Gasteiger partial charge in [0.1, 0.15) is 4.90 Å². The van der Waals surface area contributed by atoms with Gasteiger partial charge in [-0.15, -0.1) is 0 Å². The molecular formula is C40H28N8O9S2. The van der Waals surface area contributed by atoms with Gasteiger partial charge in [0.15, 0.2) is 0 Å². The van der Waals surface area contributed by atoms with Crippen molar-refractivity contribution in [1.29, 1.82) is 0 Å². The van der Waals surface area contributed by atoms with Crippen molar-refractivity contribution in [3.05, 3.63) is 156 Å². The second-order valence-electron chi connectivity index (χ2n) is 11.9. The minimum atomic E-state index is -4.70. The van der Waals surface area contributed by atoms with Crippen LogP contribution in [-0.2, 0) is 14.5 Å². The largest absolute Gasteiger partial charge is 0.478 e. The average molecular weight is 829 g/mol. The lowest BCUT2D eigenvalue weighted by Gasteiger charge is -2.06. The van der Waals surface area contributed by atoms with Gasteiger partial charge >= 0.3 is 11.9 Å². The van der Waals surface area contributed by atoms with Crippen molar-refractivity contribution in [2.75, 3.05) is 0 Å². The maximum atomic E-state index is 12.4. The Kier molecular flexibility index (Phi) is 13.4. The standard InChI is InChI=1S/C40H28N8O9S2/c49-39(50)27-5-9-29(10-6-27)41-43-31-15-19-33(20-16-31)45-47-35-13-3-25(37(23-35)58-57-53)1-2-26-4-14-36(24-38(26)59(54,55)56)48-46-34-21-17-32(18-22-34)44-42-30-11-7-28(8-12-30)40(51)52/h1-24,53H,(H,49,50)(H,51,52)(H,54,55,56). The molecule has 0 aliphatic rings. The van der Waals surface area contributed by atoms with E-state index >= 15 is 0 Å². The molecule has 6 rings (SSSR count). The number of azo groups is 4. The predicted molar refractivity (Wildman–Crippen MR) is 218 cm³/mol. The number of hydrogen-bond donors (Lipinski definition) is 4. The summed E-state index contributed by atoms with van der Waals surface area (Å²) >= 11 is 0.628. The molecule has 0 amide bonds. The van der Waals surface area contributed by atoms with E-state index in [-0.39, 0.29) is 22.4 Å². The summed E-state index contributed by atoms with van der Waals surface area (Å²) in [5.74, 6) is -2.08. The van der Waals surface area contributed by atoms with Gasteiger partial charge < -0.3 is 10.2 Å². The first-order chi connectivity index (χ1) is 28.4. The van der Waals surface area contributed by atoms with E-state index in [4.69, 9.17) is 10.2 Å². The van der Waals surface area contributed by atoms with Crippen LogP contribution in [0.1, 0.15) is 31.8 Å². The summed E-state index contributed by atoms with van der Waals surface area (Å²) in [6, 6.07) is 34.1. The normalized spacial score (nSPS) is 12.1. The van der Waals surface area contributed by atoms with Crippen molar-refractivity contribution in [1.82, 2.24) is 0 Å². The number of hydrogen-bond acceptors (Lipinski definition) is 15. The van der Waals surface area contributed by atoms with E-state index in [1.54, 1.807) is 84.9 Å². The molecule has 6 aromatic carbocycles. The third-order valence-electron chi connectivity index (χ3n) is 7.89. The van der Waals surface area contributed by atoms with Crippen molar-refractivity contribution >= 4 is 91.8 Å². The Balaban J connectivity index is 1.11. The first kappa shape index (κ1) is 41.2. The second-order valence-corrected chi connectivity index (χ2v) is 14.1. The first-order valence-electron chi connectivity index (χ1n) is 16.9. The van der Waals surface area contributed by atoms with Gasteiger partial charge in [-0.1, -0.05) is 24.3 Å². The second kappa shape index (κ2) is 19.1. The lowest BCUT2D eigenvalue weighted by molar-refractivity contribution is -0.116. The van der Waals surface area contributed by atoms with Gasteiger partial charge in [-0.3, -0.25) is 4.55 Å². The summed E-state index contributed by atoms with van der Waals surface area (Å²) < 4.78 is 39.1. The molecule has 0 radical (unpaired) electrons.